The number of aromatic nitrogens is 1. The Labute approximate surface area is 135 Å². The topological polar surface area (TPSA) is 51.1 Å². The number of halogens is 3. The molecule has 1 aromatic carbocycles. The van der Waals surface area contributed by atoms with E-state index in [-0.39, 0.29) is 17.7 Å². The molecule has 2 aromatic rings. The summed E-state index contributed by atoms with van der Waals surface area (Å²) in [5.74, 6) is 4.51. The summed E-state index contributed by atoms with van der Waals surface area (Å²) in [6, 6.07) is 7.54. The van der Waals surface area contributed by atoms with E-state index in [2.05, 4.69) is 17.2 Å². The van der Waals surface area contributed by atoms with Gasteiger partial charge in [-0.15, -0.1) is 0 Å². The predicted molar refractivity (Wildman–Crippen MR) is 82.3 cm³/mol. The van der Waals surface area contributed by atoms with Crippen molar-refractivity contribution >= 4 is 5.91 Å². The van der Waals surface area contributed by atoms with Crippen molar-refractivity contribution in [2.24, 2.45) is 7.05 Å². The minimum Gasteiger partial charge on any atom is -0.341 e. The third-order valence-corrected chi connectivity index (χ3v) is 3.13. The zero-order valence-electron chi connectivity index (χ0n) is 12.6. The molecule has 1 heterocycles. The maximum absolute atomic E-state index is 12.6. The standard InChI is InChI=1S/C17H13F3N2O2/c1-22-10-4-8-14(16(22)24)15(23)21-9-3-6-12-5-2-7-13(11-12)17(18,19)20/h2,4-5,7-8,10-11H,9H2,1H3,(H,21,23). The number of aryl methyl sites for hydroxylation is 1. The maximum Gasteiger partial charge on any atom is 0.416 e. The van der Waals surface area contributed by atoms with E-state index in [9.17, 15) is 22.8 Å². The molecule has 1 amide bonds. The van der Waals surface area contributed by atoms with Gasteiger partial charge in [0.05, 0.1) is 12.1 Å². The smallest absolute Gasteiger partial charge is 0.341 e. The van der Waals surface area contributed by atoms with Crippen LogP contribution in [0.15, 0.2) is 47.4 Å². The summed E-state index contributed by atoms with van der Waals surface area (Å²) in [6.45, 7) is -0.0902. The van der Waals surface area contributed by atoms with Crippen molar-refractivity contribution in [3.8, 4) is 11.8 Å². The lowest BCUT2D eigenvalue weighted by Crippen LogP contribution is -2.32. The third kappa shape index (κ3) is 4.26. The van der Waals surface area contributed by atoms with Crippen LogP contribution in [0.4, 0.5) is 13.2 Å². The van der Waals surface area contributed by atoms with Gasteiger partial charge in [-0.25, -0.2) is 0 Å². The highest BCUT2D eigenvalue weighted by atomic mass is 19.4. The van der Waals surface area contributed by atoms with Crippen molar-refractivity contribution < 1.29 is 18.0 Å². The van der Waals surface area contributed by atoms with Gasteiger partial charge in [0.1, 0.15) is 5.56 Å². The summed E-state index contributed by atoms with van der Waals surface area (Å²) in [5, 5.41) is 2.43. The van der Waals surface area contributed by atoms with Crippen molar-refractivity contribution in [2.45, 2.75) is 6.18 Å². The second-order valence-electron chi connectivity index (χ2n) is 4.90. The second kappa shape index (κ2) is 7.04. The molecular formula is C17H13F3N2O2. The Kier molecular flexibility index (Phi) is 5.09. The van der Waals surface area contributed by atoms with Crippen LogP contribution < -0.4 is 10.9 Å². The highest BCUT2D eigenvalue weighted by Crippen LogP contribution is 2.29. The van der Waals surface area contributed by atoms with E-state index in [4.69, 9.17) is 0 Å². The van der Waals surface area contributed by atoms with Crippen molar-refractivity contribution in [3.63, 3.8) is 0 Å². The van der Waals surface area contributed by atoms with E-state index in [0.717, 1.165) is 12.1 Å². The van der Waals surface area contributed by atoms with E-state index < -0.39 is 23.2 Å². The van der Waals surface area contributed by atoms with Gasteiger partial charge in [0.15, 0.2) is 0 Å². The van der Waals surface area contributed by atoms with Gasteiger partial charge in [0.2, 0.25) is 0 Å². The molecule has 0 saturated carbocycles. The Bertz CT molecular complexity index is 874. The Hall–Kier alpha value is -3.01. The molecule has 1 N–H and O–H groups in total. The fourth-order valence-electron chi connectivity index (χ4n) is 1.91. The molecule has 0 atom stereocenters. The molecule has 24 heavy (non-hydrogen) atoms. The van der Waals surface area contributed by atoms with Crippen LogP contribution in [0, 0.1) is 11.8 Å². The SMILES string of the molecule is Cn1cccc(C(=O)NCC#Cc2cccc(C(F)(F)F)c2)c1=O. The summed E-state index contributed by atoms with van der Waals surface area (Å²) in [6.07, 6.45) is -2.91. The molecule has 1 aromatic heterocycles. The number of hydrogen-bond acceptors (Lipinski definition) is 2. The fraction of sp³-hybridized carbons (Fsp3) is 0.176. The fourth-order valence-corrected chi connectivity index (χ4v) is 1.91. The molecule has 0 aliphatic rings. The molecule has 0 unspecified atom stereocenters. The van der Waals surface area contributed by atoms with E-state index in [1.54, 1.807) is 6.07 Å². The Morgan fingerprint density at radius 2 is 2.00 bits per heavy atom. The summed E-state index contributed by atoms with van der Waals surface area (Å²) in [4.78, 5) is 23.6. The molecule has 124 valence electrons. The van der Waals surface area contributed by atoms with Crippen LogP contribution in [0.5, 0.6) is 0 Å². The highest BCUT2D eigenvalue weighted by molar-refractivity contribution is 5.93. The Morgan fingerprint density at radius 3 is 2.71 bits per heavy atom. The van der Waals surface area contributed by atoms with Gasteiger partial charge < -0.3 is 9.88 Å². The van der Waals surface area contributed by atoms with E-state index in [1.165, 1.54) is 36.0 Å². The number of pyridine rings is 1. The first-order chi connectivity index (χ1) is 11.3. The lowest BCUT2D eigenvalue weighted by Gasteiger charge is -2.05. The largest absolute Gasteiger partial charge is 0.416 e. The molecule has 0 radical (unpaired) electrons. The lowest BCUT2D eigenvalue weighted by molar-refractivity contribution is -0.137. The van der Waals surface area contributed by atoms with Crippen LogP contribution in [-0.4, -0.2) is 17.0 Å². The van der Waals surface area contributed by atoms with Gasteiger partial charge >= 0.3 is 6.18 Å². The number of carbonyl (C=O) groups excluding carboxylic acids is 1. The molecule has 0 spiro atoms. The summed E-state index contributed by atoms with van der Waals surface area (Å²) >= 11 is 0. The maximum atomic E-state index is 12.6. The van der Waals surface area contributed by atoms with E-state index >= 15 is 0 Å². The van der Waals surface area contributed by atoms with Gasteiger partial charge in [-0.1, -0.05) is 17.9 Å². The first kappa shape index (κ1) is 17.3. The number of amides is 1. The number of benzene rings is 1. The van der Waals surface area contributed by atoms with Crippen molar-refractivity contribution in [1.29, 1.82) is 0 Å². The summed E-state index contributed by atoms with van der Waals surface area (Å²) in [5.41, 5.74) is -1.07. The van der Waals surface area contributed by atoms with E-state index in [0.29, 0.717) is 0 Å². The van der Waals surface area contributed by atoms with Crippen LogP contribution in [0.2, 0.25) is 0 Å². The molecule has 2 rings (SSSR count). The molecule has 7 heteroatoms. The van der Waals surface area contributed by atoms with E-state index in [1.807, 2.05) is 0 Å². The van der Waals surface area contributed by atoms with Gasteiger partial charge in [-0.2, -0.15) is 13.2 Å². The normalized spacial score (nSPS) is 10.7. The average Bonchev–Trinajstić information content (AvgIpc) is 2.53. The quantitative estimate of drug-likeness (QED) is 0.856. The number of nitrogens with one attached hydrogen (secondary N) is 1. The highest BCUT2D eigenvalue weighted by Gasteiger charge is 2.30. The van der Waals surface area contributed by atoms with Crippen molar-refractivity contribution in [1.82, 2.24) is 9.88 Å². The lowest BCUT2D eigenvalue weighted by atomic mass is 10.1. The van der Waals surface area contributed by atoms with Crippen LogP contribution >= 0.6 is 0 Å². The van der Waals surface area contributed by atoms with Crippen LogP contribution in [0.25, 0.3) is 0 Å². The minimum absolute atomic E-state index is 0.0270. The number of alkyl halides is 3. The first-order valence-corrected chi connectivity index (χ1v) is 6.89. The molecule has 4 nitrogen and oxygen atoms in total. The number of carbonyl (C=O) groups is 1. The van der Waals surface area contributed by atoms with Crippen molar-refractivity contribution in [2.75, 3.05) is 6.54 Å². The molecule has 0 aliphatic heterocycles. The van der Waals surface area contributed by atoms with Gasteiger partial charge in [0, 0.05) is 18.8 Å². The molecule has 0 bridgehead atoms. The first-order valence-electron chi connectivity index (χ1n) is 6.89. The summed E-state index contributed by atoms with van der Waals surface area (Å²) < 4.78 is 39.0. The monoisotopic (exact) mass is 334 g/mol. The molecule has 0 fully saturated rings. The molecule has 0 aliphatic carbocycles. The van der Waals surface area contributed by atoms with Crippen molar-refractivity contribution in [3.05, 3.63) is 69.6 Å². The van der Waals surface area contributed by atoms with Gasteiger partial charge in [0.25, 0.3) is 11.5 Å². The van der Waals surface area contributed by atoms with Crippen LogP contribution in [0.1, 0.15) is 21.5 Å². The van der Waals surface area contributed by atoms with Crippen LogP contribution in [0.3, 0.4) is 0 Å². The number of nitrogens with zero attached hydrogens (tertiary/aromatic N) is 1. The van der Waals surface area contributed by atoms with Crippen LogP contribution in [-0.2, 0) is 13.2 Å². The average molecular weight is 334 g/mol. The zero-order valence-corrected chi connectivity index (χ0v) is 12.6. The van der Waals surface area contributed by atoms with Gasteiger partial charge in [-0.3, -0.25) is 9.59 Å². The number of rotatable bonds is 2. The predicted octanol–water partition coefficient (Wildman–Crippen LogP) is 2.19. The van der Waals surface area contributed by atoms with Gasteiger partial charge in [-0.05, 0) is 30.3 Å². The Morgan fingerprint density at radius 1 is 1.25 bits per heavy atom. The second-order valence-corrected chi connectivity index (χ2v) is 4.90. The minimum atomic E-state index is -4.43. The molecular weight excluding hydrogens is 321 g/mol. The third-order valence-electron chi connectivity index (χ3n) is 3.13. The summed E-state index contributed by atoms with van der Waals surface area (Å²) in [7, 11) is 1.52. The zero-order chi connectivity index (χ0) is 17.7. The number of hydrogen-bond donors (Lipinski definition) is 1. The molecule has 0 saturated heterocycles. The Balaban J connectivity index is 2.03.